The molecule has 0 radical (unpaired) electrons. The Labute approximate surface area is 159 Å². The van der Waals surface area contributed by atoms with Crippen LogP contribution in [0.2, 0.25) is 0 Å². The third-order valence-corrected chi connectivity index (χ3v) is 5.04. The number of benzene rings is 2. The average Bonchev–Trinajstić information content (AvgIpc) is 2.97. The minimum Gasteiger partial charge on any atom is -0.479 e. The Morgan fingerprint density at radius 1 is 1.07 bits per heavy atom. The van der Waals surface area contributed by atoms with Crippen LogP contribution in [0, 0.1) is 0 Å². The summed E-state index contributed by atoms with van der Waals surface area (Å²) in [6.45, 7) is 0. The summed E-state index contributed by atoms with van der Waals surface area (Å²) in [7, 11) is 0. The lowest BCUT2D eigenvalue weighted by Gasteiger charge is -2.15. The number of carbonyl (C=O) groups excluding carboxylic acids is 3. The molecule has 1 aliphatic heterocycles. The Bertz CT molecular complexity index is 883. The van der Waals surface area contributed by atoms with Gasteiger partial charge in [-0.05, 0) is 29.7 Å². The summed E-state index contributed by atoms with van der Waals surface area (Å²) in [5.74, 6) is -1.99. The quantitative estimate of drug-likeness (QED) is 0.703. The summed E-state index contributed by atoms with van der Waals surface area (Å²) in [6, 6.07) is 13.8. The highest BCUT2D eigenvalue weighted by atomic mass is 32.2. The topological polar surface area (TPSA) is 113 Å². The van der Waals surface area contributed by atoms with Crippen molar-refractivity contribution in [3.63, 3.8) is 0 Å². The fourth-order valence-corrected chi connectivity index (χ4v) is 3.54. The molecule has 138 valence electrons. The number of thioether (sulfide) groups is 1. The van der Waals surface area contributed by atoms with E-state index in [2.05, 4.69) is 10.6 Å². The van der Waals surface area contributed by atoms with Crippen molar-refractivity contribution in [2.75, 3.05) is 0 Å². The van der Waals surface area contributed by atoms with Gasteiger partial charge in [-0.25, -0.2) is 4.79 Å². The minimum absolute atomic E-state index is 0.306. The van der Waals surface area contributed by atoms with E-state index in [9.17, 15) is 24.3 Å². The Morgan fingerprint density at radius 2 is 1.74 bits per heavy atom. The van der Waals surface area contributed by atoms with Crippen molar-refractivity contribution >= 4 is 34.8 Å². The van der Waals surface area contributed by atoms with Gasteiger partial charge in [0.25, 0.3) is 11.1 Å². The smallest absolute Gasteiger partial charge is 0.330 e. The van der Waals surface area contributed by atoms with Gasteiger partial charge < -0.3 is 10.4 Å². The van der Waals surface area contributed by atoms with Gasteiger partial charge in [0.2, 0.25) is 5.91 Å². The number of hydrogen-bond acceptors (Lipinski definition) is 5. The Morgan fingerprint density at radius 3 is 2.30 bits per heavy atom. The molecule has 3 rings (SSSR count). The highest BCUT2D eigenvalue weighted by molar-refractivity contribution is 8.15. The zero-order chi connectivity index (χ0) is 19.4. The monoisotopic (exact) mass is 384 g/mol. The summed E-state index contributed by atoms with van der Waals surface area (Å²) < 4.78 is 0. The molecule has 3 amide bonds. The SMILES string of the molecule is O=C1NC(=O)C(Cc2ccc(C(=O)NC(C(=O)O)c3ccccc3)cc2)S1. The fourth-order valence-electron chi connectivity index (χ4n) is 2.68. The van der Waals surface area contributed by atoms with Crippen molar-refractivity contribution < 1.29 is 24.3 Å². The van der Waals surface area contributed by atoms with Gasteiger partial charge in [-0.2, -0.15) is 0 Å². The van der Waals surface area contributed by atoms with Crippen molar-refractivity contribution in [1.82, 2.24) is 10.6 Å². The van der Waals surface area contributed by atoms with Gasteiger partial charge in [-0.1, -0.05) is 54.2 Å². The molecule has 0 aliphatic carbocycles. The summed E-state index contributed by atoms with van der Waals surface area (Å²) in [4.78, 5) is 46.7. The molecule has 2 aromatic carbocycles. The van der Waals surface area contributed by atoms with Gasteiger partial charge in [0, 0.05) is 5.56 Å². The number of rotatable bonds is 6. The largest absolute Gasteiger partial charge is 0.479 e. The molecule has 1 aliphatic rings. The number of carboxylic acid groups (broad SMARTS) is 1. The zero-order valence-corrected chi connectivity index (χ0v) is 14.9. The number of aliphatic carboxylic acids is 1. The lowest BCUT2D eigenvalue weighted by atomic mass is 10.0. The zero-order valence-electron chi connectivity index (χ0n) is 14.0. The summed E-state index contributed by atoms with van der Waals surface area (Å²) in [6.07, 6.45) is 0.367. The number of imide groups is 1. The fraction of sp³-hybridized carbons (Fsp3) is 0.158. The van der Waals surface area contributed by atoms with Crippen molar-refractivity contribution in [3.8, 4) is 0 Å². The van der Waals surface area contributed by atoms with Crippen molar-refractivity contribution in [2.45, 2.75) is 17.7 Å². The van der Waals surface area contributed by atoms with Crippen LogP contribution in [0.4, 0.5) is 4.79 Å². The maximum absolute atomic E-state index is 12.4. The van der Waals surface area contributed by atoms with Gasteiger partial charge in [0.05, 0.1) is 5.25 Å². The molecule has 7 nitrogen and oxygen atoms in total. The van der Waals surface area contributed by atoms with Crippen LogP contribution in [0.25, 0.3) is 0 Å². The van der Waals surface area contributed by atoms with Gasteiger partial charge in [0.1, 0.15) is 0 Å². The van der Waals surface area contributed by atoms with Gasteiger partial charge >= 0.3 is 5.97 Å². The second kappa shape index (κ2) is 8.05. The van der Waals surface area contributed by atoms with E-state index in [0.717, 1.165) is 17.3 Å². The van der Waals surface area contributed by atoms with Crippen molar-refractivity contribution in [2.24, 2.45) is 0 Å². The maximum Gasteiger partial charge on any atom is 0.330 e. The van der Waals surface area contributed by atoms with E-state index in [1.165, 1.54) is 0 Å². The summed E-state index contributed by atoms with van der Waals surface area (Å²) in [5.41, 5.74) is 1.58. The minimum atomic E-state index is -1.15. The standard InChI is InChI=1S/C19H16N2O5S/c22-16(20-15(18(24)25)12-4-2-1-3-5-12)13-8-6-11(7-9-13)10-14-17(23)21-19(26)27-14/h1-9,14-15H,10H2,(H,20,22)(H,24,25)(H,21,23,26). The van der Waals surface area contributed by atoms with Crippen LogP contribution in [0.5, 0.6) is 0 Å². The summed E-state index contributed by atoms with van der Waals surface area (Å²) in [5, 5.41) is 13.3. The molecule has 0 aromatic heterocycles. The molecule has 2 unspecified atom stereocenters. The first-order valence-corrected chi connectivity index (χ1v) is 9.01. The first kappa shape index (κ1) is 18.7. The molecule has 1 heterocycles. The molecule has 2 aromatic rings. The number of carboxylic acids is 1. The van der Waals surface area contributed by atoms with Crippen LogP contribution in [-0.2, 0) is 16.0 Å². The predicted molar refractivity (Wildman–Crippen MR) is 99.3 cm³/mol. The Kier molecular flexibility index (Phi) is 5.56. The Balaban J connectivity index is 1.67. The van der Waals surface area contributed by atoms with Gasteiger partial charge in [-0.15, -0.1) is 0 Å². The number of hydrogen-bond donors (Lipinski definition) is 3. The van der Waals surface area contributed by atoms with Crippen molar-refractivity contribution in [1.29, 1.82) is 0 Å². The van der Waals surface area contributed by atoms with E-state index < -0.39 is 23.2 Å². The normalized spacial score (nSPS) is 17.3. The van der Waals surface area contributed by atoms with Gasteiger partial charge in [0.15, 0.2) is 6.04 Å². The molecule has 0 bridgehead atoms. The molecule has 1 saturated heterocycles. The second-order valence-electron chi connectivity index (χ2n) is 5.94. The predicted octanol–water partition coefficient (Wildman–Crippen LogP) is 2.14. The number of amides is 3. The van der Waals surface area contributed by atoms with Crippen LogP contribution in [0.1, 0.15) is 27.5 Å². The van der Waals surface area contributed by atoms with E-state index in [4.69, 9.17) is 0 Å². The third kappa shape index (κ3) is 4.53. The maximum atomic E-state index is 12.4. The Hall–Kier alpha value is -3.13. The lowest BCUT2D eigenvalue weighted by Crippen LogP contribution is -2.33. The first-order valence-electron chi connectivity index (χ1n) is 8.13. The molecule has 0 spiro atoms. The van der Waals surface area contributed by atoms with E-state index in [1.54, 1.807) is 54.6 Å². The molecular weight excluding hydrogens is 368 g/mol. The average molecular weight is 384 g/mol. The van der Waals surface area contributed by atoms with Crippen LogP contribution in [-0.4, -0.2) is 33.4 Å². The lowest BCUT2D eigenvalue weighted by molar-refractivity contribution is -0.139. The molecular formula is C19H16N2O5S. The van der Waals surface area contributed by atoms with Gasteiger partial charge in [-0.3, -0.25) is 19.7 Å². The first-order chi connectivity index (χ1) is 12.9. The molecule has 2 atom stereocenters. The second-order valence-corrected chi connectivity index (χ2v) is 7.12. The van der Waals surface area contributed by atoms with E-state index in [-0.39, 0.29) is 11.1 Å². The molecule has 8 heteroatoms. The molecule has 1 fully saturated rings. The van der Waals surface area contributed by atoms with Crippen LogP contribution < -0.4 is 10.6 Å². The van der Waals surface area contributed by atoms with Crippen LogP contribution in [0.3, 0.4) is 0 Å². The van der Waals surface area contributed by atoms with E-state index in [0.29, 0.717) is 17.5 Å². The highest BCUT2D eigenvalue weighted by Gasteiger charge is 2.31. The van der Waals surface area contributed by atoms with Crippen molar-refractivity contribution in [3.05, 3.63) is 71.3 Å². The van der Waals surface area contributed by atoms with E-state index >= 15 is 0 Å². The molecule has 0 saturated carbocycles. The number of carbonyl (C=O) groups is 4. The third-order valence-electron chi connectivity index (χ3n) is 4.06. The van der Waals surface area contributed by atoms with Crippen LogP contribution >= 0.6 is 11.8 Å². The highest BCUT2D eigenvalue weighted by Crippen LogP contribution is 2.23. The summed E-state index contributed by atoms with van der Waals surface area (Å²) >= 11 is 0.944. The molecule has 27 heavy (non-hydrogen) atoms. The van der Waals surface area contributed by atoms with E-state index in [1.807, 2.05) is 0 Å². The molecule has 3 N–H and O–H groups in total. The van der Waals surface area contributed by atoms with Crippen LogP contribution in [0.15, 0.2) is 54.6 Å². The number of nitrogens with one attached hydrogen (secondary N) is 2.